The summed E-state index contributed by atoms with van der Waals surface area (Å²) in [5.74, 6) is 5.99. The van der Waals surface area contributed by atoms with Gasteiger partial charge in [-0.15, -0.1) is 0 Å². The molecule has 0 unspecified atom stereocenters. The van der Waals surface area contributed by atoms with Gasteiger partial charge in [0.05, 0.1) is 5.69 Å². The number of hydrogen-bond acceptors (Lipinski definition) is 2. The number of guanidine groups is 1. The van der Waals surface area contributed by atoms with Gasteiger partial charge >= 0.3 is 0 Å². The van der Waals surface area contributed by atoms with Gasteiger partial charge in [0.15, 0.2) is 0 Å². The van der Waals surface area contributed by atoms with Crippen LogP contribution in [0.5, 0.6) is 0 Å². The molecule has 1 rings (SSSR count). The van der Waals surface area contributed by atoms with Crippen molar-refractivity contribution >= 4 is 43.5 Å². The topological polar surface area (TPSA) is 62.4 Å². The van der Waals surface area contributed by atoms with Crippen molar-refractivity contribution in [2.24, 2.45) is 10.8 Å². The third kappa shape index (κ3) is 5.06. The first-order chi connectivity index (χ1) is 8.17. The summed E-state index contributed by atoms with van der Waals surface area (Å²) in [6, 6.07) is 5.86. The second-order valence-corrected chi connectivity index (χ2v) is 5.25. The maximum atomic E-state index is 5.42. The monoisotopic (exact) mass is 362 g/mol. The van der Waals surface area contributed by atoms with E-state index in [0.29, 0.717) is 5.96 Å². The number of anilines is 1. The minimum Gasteiger partial charge on any atom is -0.324 e. The number of unbranched alkanes of at least 4 members (excludes halogenated alkanes) is 1. The van der Waals surface area contributed by atoms with Gasteiger partial charge < -0.3 is 5.32 Å². The SMILES string of the molecule is CCCCN=C(NN)Nc1cc(Br)ccc1Br. The Hall–Kier alpha value is -0.590. The number of benzene rings is 1. The standard InChI is InChI=1S/C11H16Br2N4/c1-2-3-6-15-11(17-14)16-10-7-8(12)4-5-9(10)13/h4-5,7H,2-3,6,14H2,1H3,(H2,15,16,17). The van der Waals surface area contributed by atoms with Gasteiger partial charge in [-0.1, -0.05) is 29.3 Å². The Morgan fingerprint density at radius 2 is 2.18 bits per heavy atom. The van der Waals surface area contributed by atoms with Gasteiger partial charge in [-0.25, -0.2) is 5.84 Å². The lowest BCUT2D eigenvalue weighted by atomic mass is 10.3. The zero-order chi connectivity index (χ0) is 12.7. The summed E-state index contributed by atoms with van der Waals surface area (Å²) in [5.41, 5.74) is 3.47. The van der Waals surface area contributed by atoms with Crippen molar-refractivity contribution in [2.75, 3.05) is 11.9 Å². The largest absolute Gasteiger partial charge is 0.324 e. The Bertz CT molecular complexity index is 393. The molecule has 0 aliphatic rings. The molecule has 6 heteroatoms. The van der Waals surface area contributed by atoms with Crippen molar-refractivity contribution < 1.29 is 0 Å². The van der Waals surface area contributed by atoms with Crippen LogP contribution in [0.15, 0.2) is 32.1 Å². The predicted octanol–water partition coefficient (Wildman–Crippen LogP) is 3.24. The fourth-order valence-electron chi connectivity index (χ4n) is 1.19. The van der Waals surface area contributed by atoms with E-state index in [1.54, 1.807) is 0 Å². The van der Waals surface area contributed by atoms with E-state index in [2.05, 4.69) is 54.5 Å². The molecular weight excluding hydrogens is 348 g/mol. The highest BCUT2D eigenvalue weighted by Gasteiger charge is 2.03. The van der Waals surface area contributed by atoms with E-state index in [-0.39, 0.29) is 0 Å². The average molecular weight is 364 g/mol. The minimum absolute atomic E-state index is 0.567. The summed E-state index contributed by atoms with van der Waals surface area (Å²) < 4.78 is 1.95. The zero-order valence-corrected chi connectivity index (χ0v) is 12.8. The van der Waals surface area contributed by atoms with E-state index in [4.69, 9.17) is 5.84 Å². The van der Waals surface area contributed by atoms with Gasteiger partial charge in [0.1, 0.15) is 0 Å². The number of nitrogens with one attached hydrogen (secondary N) is 2. The Morgan fingerprint density at radius 3 is 2.82 bits per heavy atom. The number of nitrogens with zero attached hydrogens (tertiary/aromatic N) is 1. The molecular formula is C11H16Br2N4. The number of halogens is 2. The van der Waals surface area contributed by atoms with Gasteiger partial charge in [-0.3, -0.25) is 10.4 Å². The minimum atomic E-state index is 0.567. The van der Waals surface area contributed by atoms with Crippen LogP contribution < -0.4 is 16.6 Å². The Morgan fingerprint density at radius 1 is 1.41 bits per heavy atom. The average Bonchev–Trinajstić information content (AvgIpc) is 2.32. The second kappa shape index (κ2) is 7.68. The Balaban J connectivity index is 2.73. The molecule has 0 saturated carbocycles. The molecule has 0 atom stereocenters. The summed E-state index contributed by atoms with van der Waals surface area (Å²) in [7, 11) is 0. The molecule has 0 aromatic heterocycles. The van der Waals surface area contributed by atoms with Crippen LogP contribution in [0, 0.1) is 0 Å². The van der Waals surface area contributed by atoms with E-state index < -0.39 is 0 Å². The van der Waals surface area contributed by atoms with Gasteiger partial charge in [-0.2, -0.15) is 0 Å². The Kier molecular flexibility index (Phi) is 6.54. The molecule has 0 radical (unpaired) electrons. The lowest BCUT2D eigenvalue weighted by molar-refractivity contribution is 0.801. The summed E-state index contributed by atoms with van der Waals surface area (Å²) in [4.78, 5) is 4.33. The Labute approximate surface area is 118 Å². The van der Waals surface area contributed by atoms with Crippen molar-refractivity contribution in [2.45, 2.75) is 19.8 Å². The summed E-state index contributed by atoms with van der Waals surface area (Å²) in [5, 5.41) is 3.13. The highest BCUT2D eigenvalue weighted by molar-refractivity contribution is 9.11. The molecule has 0 saturated heterocycles. The van der Waals surface area contributed by atoms with E-state index in [0.717, 1.165) is 34.0 Å². The van der Waals surface area contributed by atoms with Crippen molar-refractivity contribution in [3.05, 3.63) is 27.1 Å². The normalized spacial score (nSPS) is 11.4. The van der Waals surface area contributed by atoms with Crippen molar-refractivity contribution in [3.8, 4) is 0 Å². The van der Waals surface area contributed by atoms with Crippen molar-refractivity contribution in [3.63, 3.8) is 0 Å². The van der Waals surface area contributed by atoms with Gasteiger partial charge in [0.2, 0.25) is 5.96 Å². The fourth-order valence-corrected chi connectivity index (χ4v) is 1.90. The second-order valence-electron chi connectivity index (χ2n) is 3.48. The molecule has 94 valence electrons. The number of aliphatic imine (C=N–C) groups is 1. The molecule has 0 heterocycles. The van der Waals surface area contributed by atoms with Crippen LogP contribution in [-0.2, 0) is 0 Å². The van der Waals surface area contributed by atoms with Crippen LogP contribution in [0.25, 0.3) is 0 Å². The first-order valence-corrected chi connectivity index (χ1v) is 6.99. The molecule has 0 amide bonds. The summed E-state index contributed by atoms with van der Waals surface area (Å²) in [6.07, 6.45) is 2.16. The van der Waals surface area contributed by atoms with Crippen LogP contribution in [0.3, 0.4) is 0 Å². The van der Waals surface area contributed by atoms with Gasteiger partial charge in [0.25, 0.3) is 0 Å². The molecule has 1 aromatic rings. The number of rotatable bonds is 4. The van der Waals surface area contributed by atoms with Crippen LogP contribution in [0.2, 0.25) is 0 Å². The maximum absolute atomic E-state index is 5.42. The quantitative estimate of drug-likeness (QED) is 0.253. The van der Waals surface area contributed by atoms with E-state index in [9.17, 15) is 0 Å². The molecule has 17 heavy (non-hydrogen) atoms. The summed E-state index contributed by atoms with van der Waals surface area (Å²) >= 11 is 6.88. The molecule has 0 spiro atoms. The smallest absolute Gasteiger partial charge is 0.210 e. The summed E-state index contributed by atoms with van der Waals surface area (Å²) in [6.45, 7) is 2.89. The first kappa shape index (κ1) is 14.5. The maximum Gasteiger partial charge on any atom is 0.210 e. The number of nitrogens with two attached hydrogens (primary N) is 1. The van der Waals surface area contributed by atoms with E-state index in [1.165, 1.54) is 0 Å². The lowest BCUT2D eigenvalue weighted by Gasteiger charge is -2.11. The fraction of sp³-hybridized carbons (Fsp3) is 0.364. The van der Waals surface area contributed by atoms with Crippen LogP contribution >= 0.6 is 31.9 Å². The highest BCUT2D eigenvalue weighted by atomic mass is 79.9. The van der Waals surface area contributed by atoms with Gasteiger partial charge in [0, 0.05) is 15.5 Å². The lowest BCUT2D eigenvalue weighted by Crippen LogP contribution is -2.36. The molecule has 0 bridgehead atoms. The third-order valence-electron chi connectivity index (χ3n) is 2.10. The molecule has 1 aromatic carbocycles. The molecule has 4 nitrogen and oxygen atoms in total. The molecule has 0 aliphatic carbocycles. The van der Waals surface area contributed by atoms with Crippen molar-refractivity contribution in [1.29, 1.82) is 0 Å². The molecule has 0 fully saturated rings. The van der Waals surface area contributed by atoms with Crippen molar-refractivity contribution in [1.82, 2.24) is 5.43 Å². The number of hydrogen-bond donors (Lipinski definition) is 3. The number of hydrazine groups is 1. The van der Waals surface area contributed by atoms with Crippen LogP contribution in [0.1, 0.15) is 19.8 Å². The first-order valence-electron chi connectivity index (χ1n) is 5.40. The third-order valence-corrected chi connectivity index (χ3v) is 3.28. The molecule has 4 N–H and O–H groups in total. The van der Waals surface area contributed by atoms with E-state index >= 15 is 0 Å². The highest BCUT2D eigenvalue weighted by Crippen LogP contribution is 2.25. The van der Waals surface area contributed by atoms with Gasteiger partial charge in [-0.05, 0) is 40.5 Å². The molecule has 0 aliphatic heterocycles. The van der Waals surface area contributed by atoms with Crippen LogP contribution in [0.4, 0.5) is 5.69 Å². The zero-order valence-electron chi connectivity index (χ0n) is 9.63. The predicted molar refractivity (Wildman–Crippen MR) is 80.0 cm³/mol. The van der Waals surface area contributed by atoms with Crippen LogP contribution in [-0.4, -0.2) is 12.5 Å². The van der Waals surface area contributed by atoms with E-state index in [1.807, 2.05) is 18.2 Å².